The number of nitrogens with one attached hydrogen (secondary N) is 1. The lowest BCUT2D eigenvalue weighted by Crippen LogP contribution is -2.48. The molecule has 1 heterocycles. The average molecular weight is 365 g/mol. The van der Waals surface area contributed by atoms with Crippen molar-refractivity contribution in [2.75, 3.05) is 5.73 Å². The number of thiazole rings is 1. The fraction of sp³-hybridized carbons (Fsp3) is 0.214. The van der Waals surface area contributed by atoms with Gasteiger partial charge in [-0.2, -0.15) is 0 Å². The molecule has 25 heavy (non-hydrogen) atoms. The summed E-state index contributed by atoms with van der Waals surface area (Å²) in [5.74, 6) is -3.46. The molecule has 0 aliphatic rings. The van der Waals surface area contributed by atoms with Crippen LogP contribution in [0.25, 0.3) is 0 Å². The van der Waals surface area contributed by atoms with E-state index in [1.54, 1.807) is 5.38 Å². The minimum atomic E-state index is -1.91. The predicted molar refractivity (Wildman–Crippen MR) is 91.1 cm³/mol. The number of rotatable bonds is 7. The molecule has 0 saturated heterocycles. The fourth-order valence-electron chi connectivity index (χ4n) is 2.22. The van der Waals surface area contributed by atoms with Crippen LogP contribution in [0.2, 0.25) is 0 Å². The Bertz CT molecular complexity index is 782. The first-order valence-corrected chi connectivity index (χ1v) is 8.05. The molecule has 0 aliphatic carbocycles. The smallest absolute Gasteiger partial charge is 0.475 e. The Balaban J connectivity index is 2.10. The van der Waals surface area contributed by atoms with Crippen molar-refractivity contribution >= 4 is 35.5 Å². The summed E-state index contributed by atoms with van der Waals surface area (Å²) in [5.41, 5.74) is 5.78. The van der Waals surface area contributed by atoms with Crippen LogP contribution >= 0.6 is 11.3 Å². The lowest BCUT2D eigenvalue weighted by Gasteiger charge is -2.18. The van der Waals surface area contributed by atoms with Gasteiger partial charge in [0.05, 0.1) is 18.1 Å². The number of phenols is 1. The first-order chi connectivity index (χ1) is 11.8. The maximum absolute atomic E-state index is 12.0. The van der Waals surface area contributed by atoms with Crippen LogP contribution in [-0.2, 0) is 17.6 Å². The Morgan fingerprint density at radius 3 is 2.64 bits per heavy atom. The van der Waals surface area contributed by atoms with Gasteiger partial charge in [-0.15, -0.1) is 11.3 Å². The third-order valence-electron chi connectivity index (χ3n) is 3.41. The number of nitrogens with zero attached hydrogens (tertiary/aromatic N) is 1. The number of hydrogen-bond acceptors (Lipinski definition) is 8. The topological polar surface area (TPSA) is 166 Å². The van der Waals surface area contributed by atoms with Crippen molar-refractivity contribution in [2.24, 2.45) is 0 Å². The van der Waals surface area contributed by atoms with E-state index < -0.39 is 30.7 Å². The Labute approximate surface area is 146 Å². The van der Waals surface area contributed by atoms with Crippen molar-refractivity contribution in [1.29, 1.82) is 0 Å². The molecule has 7 N–H and O–H groups in total. The molecular weight excluding hydrogens is 349 g/mol. The molecule has 0 radical (unpaired) electrons. The molecule has 9 nitrogen and oxygen atoms in total. The van der Waals surface area contributed by atoms with Gasteiger partial charge in [0.1, 0.15) is 11.3 Å². The van der Waals surface area contributed by atoms with E-state index in [9.17, 15) is 24.7 Å². The lowest BCUT2D eigenvalue weighted by molar-refractivity contribution is -0.120. The van der Waals surface area contributed by atoms with E-state index >= 15 is 0 Å². The summed E-state index contributed by atoms with van der Waals surface area (Å²) in [5, 5.41) is 42.3. The van der Waals surface area contributed by atoms with Crippen molar-refractivity contribution in [2.45, 2.75) is 18.8 Å². The highest BCUT2D eigenvalue weighted by atomic mass is 32.1. The molecule has 0 saturated carbocycles. The summed E-state index contributed by atoms with van der Waals surface area (Å²) in [7, 11) is -1.91. The van der Waals surface area contributed by atoms with Gasteiger partial charge in [0.2, 0.25) is 5.91 Å². The Morgan fingerprint density at radius 1 is 1.36 bits per heavy atom. The van der Waals surface area contributed by atoms with Gasteiger partial charge in [-0.05, 0) is 18.1 Å². The van der Waals surface area contributed by atoms with Crippen LogP contribution in [0.3, 0.4) is 0 Å². The number of nitrogen functional groups attached to an aromatic ring is 1. The Hall–Kier alpha value is -2.63. The maximum Gasteiger partial charge on any atom is 0.475 e. The van der Waals surface area contributed by atoms with E-state index in [0.717, 1.165) is 0 Å². The van der Waals surface area contributed by atoms with Gasteiger partial charge in [0.15, 0.2) is 5.13 Å². The number of aromatic carboxylic acids is 1. The molecule has 2 rings (SSSR count). The number of hydrogen-bond donors (Lipinski definition) is 6. The minimum absolute atomic E-state index is 0.0991. The molecule has 2 aromatic rings. The summed E-state index contributed by atoms with van der Waals surface area (Å²) in [6.07, 6.45) is -0.270. The molecule has 1 aromatic heterocycles. The number of amides is 1. The summed E-state index contributed by atoms with van der Waals surface area (Å²) >= 11 is 1.18. The molecular formula is C14H16BN3O6S. The molecule has 132 valence electrons. The van der Waals surface area contributed by atoms with Crippen LogP contribution < -0.4 is 11.1 Å². The van der Waals surface area contributed by atoms with E-state index in [4.69, 9.17) is 10.8 Å². The van der Waals surface area contributed by atoms with Gasteiger partial charge in [-0.1, -0.05) is 12.1 Å². The van der Waals surface area contributed by atoms with Crippen LogP contribution in [0.5, 0.6) is 5.75 Å². The number of para-hydroxylation sites is 1. The summed E-state index contributed by atoms with van der Waals surface area (Å²) in [6.45, 7) is 0. The number of carboxylic acid groups (broad SMARTS) is 1. The van der Waals surface area contributed by atoms with Crippen molar-refractivity contribution in [3.8, 4) is 5.75 Å². The fourth-order valence-corrected chi connectivity index (χ4v) is 2.79. The molecule has 0 bridgehead atoms. The summed E-state index contributed by atoms with van der Waals surface area (Å²) < 4.78 is 0. The zero-order valence-electron chi connectivity index (χ0n) is 12.9. The third-order valence-corrected chi connectivity index (χ3v) is 4.13. The molecule has 0 spiro atoms. The maximum atomic E-state index is 12.0. The monoisotopic (exact) mass is 365 g/mol. The number of carboxylic acids is 1. The van der Waals surface area contributed by atoms with E-state index in [1.165, 1.54) is 29.5 Å². The van der Waals surface area contributed by atoms with Gasteiger partial charge in [-0.3, -0.25) is 4.79 Å². The van der Waals surface area contributed by atoms with Gasteiger partial charge in [-0.25, -0.2) is 9.78 Å². The quantitative estimate of drug-likeness (QED) is 0.354. The number of anilines is 1. The van der Waals surface area contributed by atoms with E-state index in [1.807, 2.05) is 0 Å². The first kappa shape index (κ1) is 18.7. The van der Waals surface area contributed by atoms with Gasteiger partial charge in [0, 0.05) is 5.38 Å². The molecule has 0 fully saturated rings. The number of aromatic nitrogens is 1. The number of carbonyl (C=O) groups excluding carboxylic acids is 1. The van der Waals surface area contributed by atoms with Crippen LogP contribution in [-0.4, -0.2) is 50.2 Å². The second-order valence-electron chi connectivity index (χ2n) is 5.26. The van der Waals surface area contributed by atoms with Gasteiger partial charge in [0.25, 0.3) is 0 Å². The Kier molecular flexibility index (Phi) is 5.96. The highest BCUT2D eigenvalue weighted by molar-refractivity contribution is 7.13. The van der Waals surface area contributed by atoms with Crippen molar-refractivity contribution < 1.29 is 29.9 Å². The van der Waals surface area contributed by atoms with Gasteiger partial charge < -0.3 is 31.3 Å². The van der Waals surface area contributed by atoms with Crippen molar-refractivity contribution in [3.63, 3.8) is 0 Å². The standard InChI is InChI=1S/C14H16BN3O6S/c16-14-17-8(6-25-14)5-11(19)18-10(15(23)24)4-7-2-1-3-9(12(7)20)13(21)22/h1-3,6,10,20,23-24H,4-5H2,(H2,16,17)(H,18,19)(H,21,22). The zero-order chi connectivity index (χ0) is 18.6. The Morgan fingerprint density at radius 2 is 2.08 bits per heavy atom. The summed E-state index contributed by atoms with van der Waals surface area (Å²) in [4.78, 5) is 27.0. The largest absolute Gasteiger partial charge is 0.507 e. The SMILES string of the molecule is Nc1nc(CC(=O)NC(Cc2cccc(C(=O)O)c2O)B(O)O)cs1. The normalized spacial score (nSPS) is 11.8. The summed E-state index contributed by atoms with van der Waals surface area (Å²) in [6, 6.07) is 4.07. The molecule has 0 aliphatic heterocycles. The minimum Gasteiger partial charge on any atom is -0.507 e. The van der Waals surface area contributed by atoms with Gasteiger partial charge >= 0.3 is 13.1 Å². The number of nitrogens with two attached hydrogens (primary N) is 1. The first-order valence-electron chi connectivity index (χ1n) is 7.17. The van der Waals surface area contributed by atoms with Crippen LogP contribution in [0.15, 0.2) is 23.6 Å². The number of aromatic hydroxyl groups is 1. The number of benzene rings is 1. The third kappa shape index (κ3) is 4.92. The zero-order valence-corrected chi connectivity index (χ0v) is 13.7. The molecule has 1 unspecified atom stereocenters. The van der Waals surface area contributed by atoms with Crippen LogP contribution in [0, 0.1) is 0 Å². The average Bonchev–Trinajstić information content (AvgIpc) is 2.92. The molecule has 1 aromatic carbocycles. The van der Waals surface area contributed by atoms with Crippen LogP contribution in [0.4, 0.5) is 5.13 Å². The second kappa shape index (κ2) is 7.97. The van der Waals surface area contributed by atoms with Crippen molar-refractivity contribution in [3.05, 3.63) is 40.4 Å². The highest BCUT2D eigenvalue weighted by Crippen LogP contribution is 2.24. The molecule has 1 atom stereocenters. The lowest BCUT2D eigenvalue weighted by atomic mass is 9.75. The second-order valence-corrected chi connectivity index (χ2v) is 6.15. The van der Waals surface area contributed by atoms with E-state index in [-0.39, 0.29) is 24.0 Å². The van der Waals surface area contributed by atoms with Crippen LogP contribution in [0.1, 0.15) is 21.6 Å². The van der Waals surface area contributed by atoms with E-state index in [0.29, 0.717) is 10.8 Å². The van der Waals surface area contributed by atoms with Crippen molar-refractivity contribution in [1.82, 2.24) is 10.3 Å². The van der Waals surface area contributed by atoms with E-state index in [2.05, 4.69) is 10.3 Å². The highest BCUT2D eigenvalue weighted by Gasteiger charge is 2.27. The molecule has 1 amide bonds. The predicted octanol–water partition coefficient (Wildman–Crippen LogP) is -0.589. The number of carbonyl (C=O) groups is 2. The molecule has 11 heteroatoms.